The van der Waals surface area contributed by atoms with E-state index < -0.39 is 0 Å². The van der Waals surface area contributed by atoms with Crippen LogP contribution in [0.4, 0.5) is 0 Å². The molecule has 0 heterocycles. The maximum absolute atomic E-state index is 4.28. The summed E-state index contributed by atoms with van der Waals surface area (Å²) in [6.07, 6.45) is 4.76. The molecule has 1 atom stereocenters. The van der Waals surface area contributed by atoms with E-state index in [1.807, 2.05) is 7.05 Å². The fourth-order valence-electron chi connectivity index (χ4n) is 2.63. The molecule has 1 nitrogen and oxygen atoms in total. The van der Waals surface area contributed by atoms with E-state index in [0.29, 0.717) is 10.8 Å². The van der Waals surface area contributed by atoms with Crippen molar-refractivity contribution in [2.24, 2.45) is 16.7 Å². The highest BCUT2D eigenvalue weighted by Crippen LogP contribution is 2.49. The van der Waals surface area contributed by atoms with Crippen molar-refractivity contribution in [3.05, 3.63) is 12.2 Å². The van der Waals surface area contributed by atoms with Gasteiger partial charge in [0.1, 0.15) is 0 Å². The second-order valence-corrected chi connectivity index (χ2v) is 7.05. The van der Waals surface area contributed by atoms with Gasteiger partial charge in [-0.1, -0.05) is 60.1 Å². The molecule has 18 heavy (non-hydrogen) atoms. The molecule has 0 spiro atoms. The molecule has 0 aliphatic heterocycles. The highest BCUT2D eigenvalue weighted by Gasteiger charge is 2.40. The second kappa shape index (κ2) is 7.33. The van der Waals surface area contributed by atoms with Gasteiger partial charge in [0, 0.05) is 0 Å². The van der Waals surface area contributed by atoms with Crippen LogP contribution in [-0.2, 0) is 0 Å². The summed E-state index contributed by atoms with van der Waals surface area (Å²) in [6, 6.07) is 0. The van der Waals surface area contributed by atoms with Crippen LogP contribution in [0.1, 0.15) is 67.2 Å². The molecular formula is C17H35N. The van der Waals surface area contributed by atoms with E-state index in [2.05, 4.69) is 53.4 Å². The highest BCUT2D eigenvalue weighted by atomic mass is 14.8. The smallest absolute Gasteiger partial charge is 0.00489 e. The lowest BCUT2D eigenvalue weighted by Gasteiger charge is -2.46. The quantitative estimate of drug-likeness (QED) is 0.449. The minimum absolute atomic E-state index is 0.319. The lowest BCUT2D eigenvalue weighted by Crippen LogP contribution is -2.38. The zero-order valence-electron chi connectivity index (χ0n) is 13.8. The van der Waals surface area contributed by atoms with E-state index in [0.717, 1.165) is 25.3 Å². The summed E-state index contributed by atoms with van der Waals surface area (Å²) in [5.41, 5.74) is 2.08. The van der Waals surface area contributed by atoms with E-state index in [1.165, 1.54) is 18.4 Å². The molecular weight excluding hydrogens is 218 g/mol. The van der Waals surface area contributed by atoms with Crippen molar-refractivity contribution in [2.75, 3.05) is 13.6 Å². The van der Waals surface area contributed by atoms with Crippen molar-refractivity contribution in [1.29, 1.82) is 0 Å². The van der Waals surface area contributed by atoms with Gasteiger partial charge in [-0.3, -0.25) is 0 Å². The molecule has 0 fully saturated rings. The minimum Gasteiger partial charge on any atom is -0.320 e. The van der Waals surface area contributed by atoms with Crippen LogP contribution >= 0.6 is 0 Å². The Balaban J connectivity index is 4.49. The average Bonchev–Trinajstić information content (AvgIpc) is 2.27. The van der Waals surface area contributed by atoms with Gasteiger partial charge in [-0.05, 0) is 49.6 Å². The first-order chi connectivity index (χ1) is 8.19. The van der Waals surface area contributed by atoms with Crippen molar-refractivity contribution < 1.29 is 0 Å². The normalized spacial score (nSPS) is 14.6. The summed E-state index contributed by atoms with van der Waals surface area (Å²) in [4.78, 5) is 0. The fraction of sp³-hybridized carbons (Fsp3) is 0.882. The molecule has 0 aromatic carbocycles. The van der Waals surface area contributed by atoms with Crippen LogP contribution in [0.3, 0.4) is 0 Å². The topological polar surface area (TPSA) is 12.0 Å². The minimum atomic E-state index is 0.319. The van der Waals surface area contributed by atoms with Gasteiger partial charge in [0.25, 0.3) is 0 Å². The summed E-state index contributed by atoms with van der Waals surface area (Å²) in [5.74, 6) is 0.748. The Hall–Kier alpha value is -0.300. The van der Waals surface area contributed by atoms with E-state index in [4.69, 9.17) is 0 Å². The standard InChI is InChI=1S/C17H35N/c1-9-15(3)17(6,7)16(4,5)13-14(2)11-10-12-18-8/h15,18H,2,9-13H2,1,3-8H3. The maximum atomic E-state index is 4.28. The molecule has 0 bridgehead atoms. The predicted molar refractivity (Wildman–Crippen MR) is 83.9 cm³/mol. The van der Waals surface area contributed by atoms with Gasteiger partial charge >= 0.3 is 0 Å². The third-order valence-electron chi connectivity index (χ3n) is 5.24. The molecule has 0 aromatic rings. The average molecular weight is 253 g/mol. The third kappa shape index (κ3) is 4.76. The summed E-state index contributed by atoms with van der Waals surface area (Å²) < 4.78 is 0. The summed E-state index contributed by atoms with van der Waals surface area (Å²) in [5, 5.41) is 3.20. The Bertz CT molecular complexity index is 250. The lowest BCUT2D eigenvalue weighted by atomic mass is 9.59. The molecule has 0 aliphatic carbocycles. The van der Waals surface area contributed by atoms with Crippen LogP contribution in [-0.4, -0.2) is 13.6 Å². The zero-order chi connectivity index (χ0) is 14.4. The first kappa shape index (κ1) is 17.7. The number of hydrogen-bond donors (Lipinski definition) is 1. The van der Waals surface area contributed by atoms with Gasteiger partial charge in [0.05, 0.1) is 0 Å². The van der Waals surface area contributed by atoms with Crippen molar-refractivity contribution in [2.45, 2.75) is 67.2 Å². The van der Waals surface area contributed by atoms with E-state index in [-0.39, 0.29) is 0 Å². The van der Waals surface area contributed by atoms with Gasteiger partial charge in [0.15, 0.2) is 0 Å². The number of nitrogens with one attached hydrogen (secondary N) is 1. The van der Waals surface area contributed by atoms with Crippen LogP contribution in [0.2, 0.25) is 0 Å². The summed E-state index contributed by atoms with van der Waals surface area (Å²) in [7, 11) is 2.01. The molecule has 0 aromatic heterocycles. The predicted octanol–water partition coefficient (Wildman–Crippen LogP) is 5.03. The van der Waals surface area contributed by atoms with Gasteiger partial charge in [-0.2, -0.15) is 0 Å². The molecule has 1 unspecified atom stereocenters. The highest BCUT2D eigenvalue weighted by molar-refractivity contribution is 5.03. The van der Waals surface area contributed by atoms with Crippen LogP contribution < -0.4 is 5.32 Å². The van der Waals surface area contributed by atoms with E-state index in [1.54, 1.807) is 0 Å². The zero-order valence-corrected chi connectivity index (χ0v) is 13.8. The Labute approximate surface area is 115 Å². The van der Waals surface area contributed by atoms with Crippen molar-refractivity contribution >= 4 is 0 Å². The van der Waals surface area contributed by atoms with E-state index in [9.17, 15) is 0 Å². The van der Waals surface area contributed by atoms with Crippen molar-refractivity contribution in [3.63, 3.8) is 0 Å². The van der Waals surface area contributed by atoms with Crippen LogP contribution in [0.5, 0.6) is 0 Å². The molecule has 0 saturated carbocycles. The third-order valence-corrected chi connectivity index (χ3v) is 5.24. The van der Waals surface area contributed by atoms with Gasteiger partial charge in [0.2, 0.25) is 0 Å². The molecule has 0 amide bonds. The first-order valence-electron chi connectivity index (χ1n) is 7.50. The lowest BCUT2D eigenvalue weighted by molar-refractivity contribution is 0.0448. The Morgan fingerprint density at radius 3 is 2.22 bits per heavy atom. The monoisotopic (exact) mass is 253 g/mol. The largest absolute Gasteiger partial charge is 0.320 e. The Morgan fingerprint density at radius 2 is 1.78 bits per heavy atom. The summed E-state index contributed by atoms with van der Waals surface area (Å²) in [6.45, 7) is 19.7. The molecule has 0 saturated heterocycles. The summed E-state index contributed by atoms with van der Waals surface area (Å²) >= 11 is 0. The number of hydrogen-bond acceptors (Lipinski definition) is 1. The van der Waals surface area contributed by atoms with Gasteiger partial charge in [-0.25, -0.2) is 0 Å². The molecule has 108 valence electrons. The van der Waals surface area contributed by atoms with Gasteiger partial charge in [-0.15, -0.1) is 0 Å². The van der Waals surface area contributed by atoms with Crippen molar-refractivity contribution in [3.8, 4) is 0 Å². The first-order valence-corrected chi connectivity index (χ1v) is 7.50. The second-order valence-electron chi connectivity index (χ2n) is 7.05. The molecule has 0 aliphatic rings. The Morgan fingerprint density at radius 1 is 1.22 bits per heavy atom. The van der Waals surface area contributed by atoms with Crippen LogP contribution in [0.25, 0.3) is 0 Å². The molecule has 1 heteroatoms. The van der Waals surface area contributed by atoms with E-state index >= 15 is 0 Å². The Kier molecular flexibility index (Phi) is 7.21. The molecule has 1 N–H and O–H groups in total. The SMILES string of the molecule is C=C(CCCNC)CC(C)(C)C(C)(C)C(C)CC. The van der Waals surface area contributed by atoms with Crippen LogP contribution in [0, 0.1) is 16.7 Å². The van der Waals surface area contributed by atoms with Crippen LogP contribution in [0.15, 0.2) is 12.2 Å². The van der Waals surface area contributed by atoms with Crippen molar-refractivity contribution in [1.82, 2.24) is 5.32 Å². The molecule has 0 radical (unpaired) electrons. The fourth-order valence-corrected chi connectivity index (χ4v) is 2.63. The number of allylic oxidation sites excluding steroid dienone is 1. The number of rotatable bonds is 9. The van der Waals surface area contributed by atoms with Gasteiger partial charge < -0.3 is 5.32 Å². The molecule has 0 rings (SSSR count). The maximum Gasteiger partial charge on any atom is -0.00489 e.